The number of fused-ring (bicyclic) bond motifs is 5. The highest BCUT2D eigenvalue weighted by molar-refractivity contribution is 6.26. The lowest BCUT2D eigenvalue weighted by atomic mass is 9.87. The zero-order chi connectivity index (χ0) is 28.9. The second kappa shape index (κ2) is 8.85. The average Bonchev–Trinajstić information content (AvgIpc) is 3.81. The molecule has 10 nitrogen and oxygen atoms in total. The number of furan rings is 2. The molecule has 0 unspecified atom stereocenters. The number of hydrogen-bond donors (Lipinski definition) is 0. The number of benzene rings is 2. The van der Waals surface area contributed by atoms with Gasteiger partial charge in [0.05, 0.1) is 47.8 Å². The maximum Gasteiger partial charge on any atom is 0.253 e. The van der Waals surface area contributed by atoms with Crippen molar-refractivity contribution in [3.8, 4) is 0 Å². The van der Waals surface area contributed by atoms with Crippen molar-refractivity contribution < 1.29 is 28.0 Å². The summed E-state index contributed by atoms with van der Waals surface area (Å²) >= 11 is 0. The highest BCUT2D eigenvalue weighted by Crippen LogP contribution is 2.59. The summed E-state index contributed by atoms with van der Waals surface area (Å²) in [5, 5.41) is 3.51. The minimum absolute atomic E-state index is 0.383. The topological polar surface area (TPSA) is 108 Å². The van der Waals surface area contributed by atoms with Crippen LogP contribution in [0.15, 0.2) is 94.2 Å². The Hall–Kier alpha value is -4.80. The van der Waals surface area contributed by atoms with Crippen molar-refractivity contribution in [2.75, 3.05) is 9.80 Å². The molecule has 4 aliphatic rings. The van der Waals surface area contributed by atoms with E-state index in [0.29, 0.717) is 22.9 Å². The van der Waals surface area contributed by atoms with Gasteiger partial charge in [-0.1, -0.05) is 35.4 Å². The molecule has 4 aliphatic heterocycles. The number of anilines is 2. The van der Waals surface area contributed by atoms with E-state index in [-0.39, 0.29) is 11.8 Å². The molecule has 10 heteroatoms. The second-order valence-electron chi connectivity index (χ2n) is 11.3. The number of rotatable bonds is 4. The van der Waals surface area contributed by atoms with Gasteiger partial charge in [0.25, 0.3) is 11.8 Å². The van der Waals surface area contributed by atoms with E-state index >= 15 is 0 Å². The summed E-state index contributed by atoms with van der Waals surface area (Å²) < 4.78 is 11.7. The van der Waals surface area contributed by atoms with Crippen LogP contribution < -0.4 is 9.80 Å². The predicted molar refractivity (Wildman–Crippen MR) is 148 cm³/mol. The van der Waals surface area contributed by atoms with Gasteiger partial charge in [0.15, 0.2) is 0 Å². The van der Waals surface area contributed by atoms with Crippen LogP contribution in [-0.2, 0) is 19.2 Å². The molecule has 6 atom stereocenters. The van der Waals surface area contributed by atoms with Crippen LogP contribution in [0, 0.1) is 25.7 Å². The standard InChI is InChI=1S/C32H26N4O6/c1-17-7-11-19(12-8-17)33-29(37)23-25(21-5-3-15-41-21)36-28-24(26(22-6-4-16-42-22)35(36)27(23)31(33)39)30(38)34(32(28)40)20-13-9-18(2)10-14-20/h3-16,23-28H,1-2H3/t23-,24-,25-,26+,27+,28+/m0/s1. The minimum Gasteiger partial charge on any atom is -0.468 e. The van der Waals surface area contributed by atoms with Gasteiger partial charge in [-0.15, -0.1) is 0 Å². The average molecular weight is 563 g/mol. The monoisotopic (exact) mass is 562 g/mol. The van der Waals surface area contributed by atoms with Crippen LogP contribution in [-0.4, -0.2) is 45.7 Å². The molecule has 0 N–H and O–H groups in total. The first kappa shape index (κ1) is 25.0. The first-order valence-electron chi connectivity index (χ1n) is 13.9. The van der Waals surface area contributed by atoms with E-state index in [9.17, 15) is 19.2 Å². The third-order valence-corrected chi connectivity index (χ3v) is 8.98. The summed E-state index contributed by atoms with van der Waals surface area (Å²) in [6.07, 6.45) is 3.01. The maximum absolute atomic E-state index is 14.3. The van der Waals surface area contributed by atoms with Gasteiger partial charge in [0.2, 0.25) is 11.8 Å². The Morgan fingerprint density at radius 3 is 1.21 bits per heavy atom. The Morgan fingerprint density at radius 2 is 0.881 bits per heavy atom. The van der Waals surface area contributed by atoms with Crippen molar-refractivity contribution in [3.05, 3.63) is 108 Å². The van der Waals surface area contributed by atoms with Gasteiger partial charge in [-0.2, -0.15) is 0 Å². The van der Waals surface area contributed by atoms with Crippen LogP contribution in [0.2, 0.25) is 0 Å². The van der Waals surface area contributed by atoms with Crippen molar-refractivity contribution in [1.82, 2.24) is 10.0 Å². The first-order chi connectivity index (χ1) is 20.4. The number of nitrogens with zero attached hydrogens (tertiary/aromatic N) is 4. The molecule has 2 aromatic heterocycles. The highest BCUT2D eigenvalue weighted by Gasteiger charge is 2.74. The lowest BCUT2D eigenvalue weighted by molar-refractivity contribution is -0.136. The van der Waals surface area contributed by atoms with Crippen LogP contribution >= 0.6 is 0 Å². The molecule has 8 rings (SSSR count). The smallest absolute Gasteiger partial charge is 0.253 e. The molecule has 6 heterocycles. The van der Waals surface area contributed by atoms with Gasteiger partial charge < -0.3 is 8.83 Å². The summed E-state index contributed by atoms with van der Waals surface area (Å²) in [5.41, 5.74) is 2.94. The van der Waals surface area contributed by atoms with Gasteiger partial charge in [0, 0.05) is 0 Å². The largest absolute Gasteiger partial charge is 0.468 e. The third-order valence-electron chi connectivity index (χ3n) is 8.98. The molecular weight excluding hydrogens is 536 g/mol. The fourth-order valence-corrected chi connectivity index (χ4v) is 7.21. The first-order valence-corrected chi connectivity index (χ1v) is 13.9. The Kier molecular flexibility index (Phi) is 5.26. The SMILES string of the molecule is Cc1ccc(N2C(=O)[C@@H]3[C@H](C2=O)N2[C@H](c4ccco4)[C@@H]4C(=O)N(c5ccc(C)cc5)C(=O)[C@@H]4N2[C@H]3c2ccco2)cc1. The molecule has 4 aromatic rings. The Bertz CT molecular complexity index is 1600. The minimum atomic E-state index is -0.969. The quantitative estimate of drug-likeness (QED) is 0.345. The summed E-state index contributed by atoms with van der Waals surface area (Å²) in [6, 6.07) is 17.8. The van der Waals surface area contributed by atoms with Crippen molar-refractivity contribution in [2.45, 2.75) is 38.0 Å². The predicted octanol–water partition coefficient (Wildman–Crippen LogP) is 3.93. The van der Waals surface area contributed by atoms with Gasteiger partial charge in [-0.3, -0.25) is 19.2 Å². The molecule has 0 spiro atoms. The second-order valence-corrected chi connectivity index (χ2v) is 11.3. The van der Waals surface area contributed by atoms with Gasteiger partial charge >= 0.3 is 0 Å². The molecule has 0 aliphatic carbocycles. The summed E-state index contributed by atoms with van der Waals surface area (Å²) in [6.45, 7) is 3.86. The van der Waals surface area contributed by atoms with Crippen molar-refractivity contribution >= 4 is 35.0 Å². The number of amides is 4. The van der Waals surface area contributed by atoms with Gasteiger partial charge in [0.1, 0.15) is 23.6 Å². The lowest BCUT2D eigenvalue weighted by Crippen LogP contribution is -2.50. The fraction of sp³-hybridized carbons (Fsp3) is 0.250. The lowest BCUT2D eigenvalue weighted by Gasteiger charge is -2.34. The highest BCUT2D eigenvalue weighted by atomic mass is 16.3. The van der Waals surface area contributed by atoms with Crippen LogP contribution in [0.1, 0.15) is 34.7 Å². The molecule has 0 bridgehead atoms. The molecule has 2 aromatic carbocycles. The Balaban J connectivity index is 1.30. The van der Waals surface area contributed by atoms with Crippen molar-refractivity contribution in [2.24, 2.45) is 11.8 Å². The molecule has 4 fully saturated rings. The molecule has 4 amide bonds. The van der Waals surface area contributed by atoms with E-state index in [1.165, 1.54) is 22.3 Å². The number of carbonyl (C=O) groups excluding carboxylic acids is 4. The van der Waals surface area contributed by atoms with E-state index in [1.54, 1.807) is 58.5 Å². The zero-order valence-corrected chi connectivity index (χ0v) is 22.8. The zero-order valence-electron chi connectivity index (χ0n) is 22.8. The number of aryl methyl sites for hydroxylation is 2. The number of hydrogen-bond acceptors (Lipinski definition) is 8. The number of hydrazine groups is 1. The van der Waals surface area contributed by atoms with Crippen molar-refractivity contribution in [3.63, 3.8) is 0 Å². The molecule has 42 heavy (non-hydrogen) atoms. The molecule has 0 saturated carbocycles. The molecular formula is C32H26N4O6. The molecule has 0 radical (unpaired) electrons. The van der Waals surface area contributed by atoms with E-state index in [4.69, 9.17) is 8.83 Å². The van der Waals surface area contributed by atoms with E-state index < -0.39 is 47.8 Å². The third kappa shape index (κ3) is 3.21. The maximum atomic E-state index is 14.3. The van der Waals surface area contributed by atoms with E-state index in [2.05, 4.69) is 0 Å². The van der Waals surface area contributed by atoms with E-state index in [1.807, 2.05) is 38.1 Å². The van der Waals surface area contributed by atoms with Crippen molar-refractivity contribution in [1.29, 1.82) is 0 Å². The van der Waals surface area contributed by atoms with Gasteiger partial charge in [-0.05, 0) is 62.4 Å². The van der Waals surface area contributed by atoms with Crippen LogP contribution in [0.5, 0.6) is 0 Å². The summed E-state index contributed by atoms with van der Waals surface area (Å²) in [7, 11) is 0. The number of imide groups is 2. The van der Waals surface area contributed by atoms with Crippen LogP contribution in [0.3, 0.4) is 0 Å². The summed E-state index contributed by atoms with van der Waals surface area (Å²) in [4.78, 5) is 59.3. The van der Waals surface area contributed by atoms with Gasteiger partial charge in [-0.25, -0.2) is 19.8 Å². The summed E-state index contributed by atoms with van der Waals surface area (Å²) in [5.74, 6) is -2.48. The van der Waals surface area contributed by atoms with Crippen LogP contribution in [0.4, 0.5) is 11.4 Å². The van der Waals surface area contributed by atoms with Crippen LogP contribution in [0.25, 0.3) is 0 Å². The Labute approximate surface area is 240 Å². The number of carbonyl (C=O) groups is 4. The molecule has 210 valence electrons. The molecule has 4 saturated heterocycles. The van der Waals surface area contributed by atoms with E-state index in [0.717, 1.165) is 11.1 Å². The fourth-order valence-electron chi connectivity index (χ4n) is 7.21. The Morgan fingerprint density at radius 1 is 0.500 bits per heavy atom. The normalized spacial score (nSPS) is 29.1.